The van der Waals surface area contributed by atoms with E-state index in [-0.39, 0.29) is 11.7 Å². The number of carbonyl (C=O) groups excluding carboxylic acids is 1. The number of nitrogens with zero attached hydrogens (tertiary/aromatic N) is 4. The molecule has 2 heterocycles. The van der Waals surface area contributed by atoms with Gasteiger partial charge in [0.1, 0.15) is 0 Å². The van der Waals surface area contributed by atoms with Crippen molar-refractivity contribution in [2.45, 2.75) is 11.7 Å². The molecule has 0 radical (unpaired) electrons. The molecule has 1 saturated heterocycles. The molecule has 7 nitrogen and oxygen atoms in total. The summed E-state index contributed by atoms with van der Waals surface area (Å²) in [4.78, 5) is 15.2. The molecule has 0 aliphatic carbocycles. The van der Waals surface area contributed by atoms with Gasteiger partial charge in [-0.3, -0.25) is 14.3 Å². The van der Waals surface area contributed by atoms with Gasteiger partial charge in [0.25, 0.3) is 0 Å². The van der Waals surface area contributed by atoms with Crippen molar-refractivity contribution in [1.29, 1.82) is 0 Å². The minimum absolute atomic E-state index is 0.108. The Bertz CT molecular complexity index is 1340. The fraction of sp³-hybridized carbons (Fsp3) is 0.240. The number of fused-ring (bicyclic) bond motifs is 1. The van der Waals surface area contributed by atoms with Gasteiger partial charge in [0.05, 0.1) is 25.5 Å². The summed E-state index contributed by atoms with van der Waals surface area (Å²) in [6.45, 7) is 3.76. The Hall–Kier alpha value is -2.43. The lowest BCUT2D eigenvalue weighted by molar-refractivity contribution is -0.113. The zero-order valence-corrected chi connectivity index (χ0v) is 21.9. The molecule has 1 aliphatic heterocycles. The summed E-state index contributed by atoms with van der Waals surface area (Å²) < 4.78 is 8.46. The van der Waals surface area contributed by atoms with Crippen LogP contribution in [0.2, 0.25) is 5.02 Å². The smallest absolute Gasteiger partial charge is 0.234 e. The second-order valence-electron chi connectivity index (χ2n) is 8.08. The van der Waals surface area contributed by atoms with Crippen LogP contribution in [0.3, 0.4) is 0 Å². The van der Waals surface area contributed by atoms with E-state index in [9.17, 15) is 4.79 Å². The fourth-order valence-electron chi connectivity index (χ4n) is 3.99. The lowest BCUT2D eigenvalue weighted by Crippen LogP contribution is -2.36. The highest BCUT2D eigenvalue weighted by atomic mass is 79.9. The molecule has 180 valence electrons. The third kappa shape index (κ3) is 5.70. The number of rotatable bonds is 7. The van der Waals surface area contributed by atoms with Crippen LogP contribution in [0.15, 0.2) is 70.3 Å². The standard InChI is InChI=1S/C25H23BrClN5O2S/c26-21-9-10-22(20-4-2-1-3-19(20)21)28-24(33)16-35-25-30-29-23(15-31-11-13-34-14-12-31)32(25)18-7-5-17(27)6-8-18/h1-10H,11-16H2,(H,28,33). The minimum atomic E-state index is -0.108. The molecular weight excluding hydrogens is 550 g/mol. The second kappa shape index (κ2) is 11.1. The Morgan fingerprint density at radius 3 is 2.54 bits per heavy atom. The van der Waals surface area contributed by atoms with Crippen molar-refractivity contribution in [3.63, 3.8) is 0 Å². The molecule has 1 amide bonds. The van der Waals surface area contributed by atoms with E-state index < -0.39 is 0 Å². The monoisotopic (exact) mass is 571 g/mol. The SMILES string of the molecule is O=C(CSc1nnc(CN2CCOCC2)n1-c1ccc(Cl)cc1)Nc1ccc(Br)c2ccccc12. The lowest BCUT2D eigenvalue weighted by Gasteiger charge is -2.26. The number of halogens is 2. The molecule has 1 fully saturated rings. The average Bonchev–Trinajstić information content (AvgIpc) is 3.28. The van der Waals surface area contributed by atoms with E-state index >= 15 is 0 Å². The van der Waals surface area contributed by atoms with Gasteiger partial charge in [-0.2, -0.15) is 0 Å². The number of morpholine rings is 1. The molecule has 3 aromatic carbocycles. The summed E-state index contributed by atoms with van der Waals surface area (Å²) in [6, 6.07) is 19.4. The summed E-state index contributed by atoms with van der Waals surface area (Å²) in [5, 5.41) is 15.3. The van der Waals surface area contributed by atoms with Gasteiger partial charge in [0, 0.05) is 39.3 Å². The van der Waals surface area contributed by atoms with Crippen molar-refractivity contribution >= 4 is 61.7 Å². The molecule has 0 atom stereocenters. The number of hydrogen-bond acceptors (Lipinski definition) is 6. The van der Waals surface area contributed by atoms with Crippen molar-refractivity contribution in [3.05, 3.63) is 76.0 Å². The van der Waals surface area contributed by atoms with Gasteiger partial charge in [0.15, 0.2) is 11.0 Å². The third-order valence-corrected chi connectivity index (χ3v) is 7.60. The number of aromatic nitrogens is 3. The maximum absolute atomic E-state index is 12.9. The van der Waals surface area contributed by atoms with Crippen LogP contribution >= 0.6 is 39.3 Å². The number of ether oxygens (including phenoxy) is 1. The van der Waals surface area contributed by atoms with Crippen LogP contribution in [0, 0.1) is 0 Å². The maximum atomic E-state index is 12.9. The molecule has 5 rings (SSSR count). The number of anilines is 1. The van der Waals surface area contributed by atoms with Gasteiger partial charge in [-0.15, -0.1) is 10.2 Å². The van der Waals surface area contributed by atoms with Gasteiger partial charge in [0.2, 0.25) is 5.91 Å². The molecule has 1 aromatic heterocycles. The third-order valence-electron chi connectivity index (χ3n) is 5.73. The van der Waals surface area contributed by atoms with Gasteiger partial charge in [-0.1, -0.05) is 63.6 Å². The number of thioether (sulfide) groups is 1. The number of hydrogen-bond donors (Lipinski definition) is 1. The van der Waals surface area contributed by atoms with E-state index in [0.29, 0.717) is 29.9 Å². The van der Waals surface area contributed by atoms with E-state index in [4.69, 9.17) is 16.3 Å². The van der Waals surface area contributed by atoms with E-state index in [0.717, 1.165) is 45.5 Å². The summed E-state index contributed by atoms with van der Waals surface area (Å²) in [5.41, 5.74) is 1.69. The topological polar surface area (TPSA) is 72.3 Å². The molecule has 0 unspecified atom stereocenters. The maximum Gasteiger partial charge on any atom is 0.234 e. The number of benzene rings is 3. The Labute approximate surface area is 220 Å². The fourth-order valence-corrected chi connectivity index (χ4v) is 5.37. The Balaban J connectivity index is 1.34. The lowest BCUT2D eigenvalue weighted by atomic mass is 10.1. The number of carbonyl (C=O) groups is 1. The van der Waals surface area contributed by atoms with Crippen LogP contribution in [-0.4, -0.2) is 57.6 Å². The van der Waals surface area contributed by atoms with E-state index in [2.05, 4.69) is 36.3 Å². The first-order valence-electron chi connectivity index (χ1n) is 11.2. The Morgan fingerprint density at radius 2 is 1.77 bits per heavy atom. The van der Waals surface area contributed by atoms with Crippen LogP contribution in [-0.2, 0) is 16.1 Å². The minimum Gasteiger partial charge on any atom is -0.379 e. The average molecular weight is 573 g/mol. The van der Waals surface area contributed by atoms with Gasteiger partial charge in [-0.25, -0.2) is 0 Å². The quantitative estimate of drug-likeness (QED) is 0.299. The predicted octanol–water partition coefficient (Wildman–Crippen LogP) is 5.40. The zero-order chi connectivity index (χ0) is 24.2. The van der Waals surface area contributed by atoms with Crippen molar-refractivity contribution in [2.24, 2.45) is 0 Å². The normalized spacial score (nSPS) is 14.3. The molecular formula is C25H23BrClN5O2S. The highest BCUT2D eigenvalue weighted by Gasteiger charge is 2.20. The highest BCUT2D eigenvalue weighted by Crippen LogP contribution is 2.30. The molecule has 0 bridgehead atoms. The van der Waals surface area contributed by atoms with Gasteiger partial charge >= 0.3 is 0 Å². The molecule has 1 N–H and O–H groups in total. The van der Waals surface area contributed by atoms with E-state index in [1.807, 2.05) is 65.2 Å². The molecule has 4 aromatic rings. The van der Waals surface area contributed by atoms with Crippen LogP contribution in [0.1, 0.15) is 5.82 Å². The van der Waals surface area contributed by atoms with Crippen LogP contribution < -0.4 is 5.32 Å². The van der Waals surface area contributed by atoms with E-state index in [1.165, 1.54) is 11.8 Å². The van der Waals surface area contributed by atoms with Crippen molar-refractivity contribution in [1.82, 2.24) is 19.7 Å². The largest absolute Gasteiger partial charge is 0.379 e. The predicted molar refractivity (Wildman–Crippen MR) is 143 cm³/mol. The Morgan fingerprint density at radius 1 is 1.03 bits per heavy atom. The zero-order valence-electron chi connectivity index (χ0n) is 18.8. The van der Waals surface area contributed by atoms with Crippen molar-refractivity contribution in [3.8, 4) is 5.69 Å². The van der Waals surface area contributed by atoms with Gasteiger partial charge < -0.3 is 10.1 Å². The first-order valence-corrected chi connectivity index (χ1v) is 13.3. The highest BCUT2D eigenvalue weighted by molar-refractivity contribution is 9.10. The van der Waals surface area contributed by atoms with Crippen LogP contribution in [0.5, 0.6) is 0 Å². The second-order valence-corrected chi connectivity index (χ2v) is 10.3. The number of amides is 1. The van der Waals surface area contributed by atoms with Crippen molar-refractivity contribution in [2.75, 3.05) is 37.4 Å². The molecule has 0 spiro atoms. The summed E-state index contributed by atoms with van der Waals surface area (Å²) in [6.07, 6.45) is 0. The summed E-state index contributed by atoms with van der Waals surface area (Å²) >= 11 is 11.0. The first kappa shape index (κ1) is 24.3. The van der Waals surface area contributed by atoms with Crippen molar-refractivity contribution < 1.29 is 9.53 Å². The summed E-state index contributed by atoms with van der Waals surface area (Å²) in [5.74, 6) is 0.909. The Kier molecular flexibility index (Phi) is 7.69. The van der Waals surface area contributed by atoms with E-state index in [1.54, 1.807) is 0 Å². The molecule has 0 saturated carbocycles. The molecule has 10 heteroatoms. The molecule has 35 heavy (non-hydrogen) atoms. The van der Waals surface area contributed by atoms with Gasteiger partial charge in [-0.05, 0) is 41.8 Å². The van der Waals surface area contributed by atoms with Crippen LogP contribution in [0.25, 0.3) is 16.5 Å². The van der Waals surface area contributed by atoms with Crippen LogP contribution in [0.4, 0.5) is 5.69 Å². The summed E-state index contributed by atoms with van der Waals surface area (Å²) in [7, 11) is 0. The molecule has 1 aliphatic rings. The first-order chi connectivity index (χ1) is 17.1. The number of nitrogens with one attached hydrogen (secondary N) is 1.